The summed E-state index contributed by atoms with van der Waals surface area (Å²) in [4.78, 5) is 0. The average Bonchev–Trinajstić information content (AvgIpc) is 2.61. The third-order valence-corrected chi connectivity index (χ3v) is 2.21. The Labute approximate surface area is 87.2 Å². The molecule has 0 aromatic rings. The van der Waals surface area contributed by atoms with Gasteiger partial charge in [-0.25, -0.2) is 0 Å². The van der Waals surface area contributed by atoms with E-state index in [1.54, 1.807) is 0 Å². The Morgan fingerprint density at radius 3 is 2.43 bits per heavy atom. The highest BCUT2D eigenvalue weighted by Gasteiger charge is 2.20. The van der Waals surface area contributed by atoms with Gasteiger partial charge in [0, 0.05) is 13.1 Å². The van der Waals surface area contributed by atoms with Crippen molar-refractivity contribution in [2.45, 2.75) is 27.7 Å². The summed E-state index contributed by atoms with van der Waals surface area (Å²) in [6.07, 6.45) is 3.87. The SMILES string of the molecule is C=C/C(C)=C1/CN(O)C/C1=C/C.CC. The molecule has 0 radical (unpaired) electrons. The van der Waals surface area contributed by atoms with Crippen molar-refractivity contribution in [2.24, 2.45) is 0 Å². The smallest absolute Gasteiger partial charge is 0.0498 e. The number of hydrogen-bond acceptors (Lipinski definition) is 2. The van der Waals surface area contributed by atoms with Gasteiger partial charge in [-0.1, -0.05) is 32.6 Å². The average molecular weight is 195 g/mol. The summed E-state index contributed by atoms with van der Waals surface area (Å²) >= 11 is 0. The van der Waals surface area contributed by atoms with Crippen molar-refractivity contribution >= 4 is 0 Å². The molecule has 0 saturated carbocycles. The predicted molar refractivity (Wildman–Crippen MR) is 61.4 cm³/mol. The van der Waals surface area contributed by atoms with Crippen molar-refractivity contribution in [3.05, 3.63) is 35.5 Å². The van der Waals surface area contributed by atoms with Gasteiger partial charge < -0.3 is 5.21 Å². The Morgan fingerprint density at radius 2 is 2.00 bits per heavy atom. The van der Waals surface area contributed by atoms with Crippen LogP contribution in [0.2, 0.25) is 0 Å². The van der Waals surface area contributed by atoms with Gasteiger partial charge in [-0.2, -0.15) is 5.06 Å². The zero-order valence-corrected chi connectivity index (χ0v) is 9.67. The zero-order chi connectivity index (χ0) is 11.1. The van der Waals surface area contributed by atoms with Crippen LogP contribution in [-0.4, -0.2) is 23.4 Å². The zero-order valence-electron chi connectivity index (χ0n) is 9.67. The van der Waals surface area contributed by atoms with Crippen molar-refractivity contribution in [3.8, 4) is 0 Å². The van der Waals surface area contributed by atoms with E-state index < -0.39 is 0 Å². The van der Waals surface area contributed by atoms with Gasteiger partial charge in [-0.05, 0) is 30.6 Å². The van der Waals surface area contributed by atoms with Gasteiger partial charge >= 0.3 is 0 Å². The van der Waals surface area contributed by atoms with E-state index in [2.05, 4.69) is 6.58 Å². The van der Waals surface area contributed by atoms with Crippen LogP contribution in [0.1, 0.15) is 27.7 Å². The Balaban J connectivity index is 0.000000791. The van der Waals surface area contributed by atoms with Crippen LogP contribution in [0.4, 0.5) is 0 Å². The molecule has 0 aromatic carbocycles. The number of hydroxylamine groups is 2. The summed E-state index contributed by atoms with van der Waals surface area (Å²) in [5.74, 6) is 0. The molecule has 1 fully saturated rings. The predicted octanol–water partition coefficient (Wildman–Crippen LogP) is 3.17. The van der Waals surface area contributed by atoms with Gasteiger partial charge in [0.25, 0.3) is 0 Å². The topological polar surface area (TPSA) is 23.5 Å². The van der Waals surface area contributed by atoms with Crippen LogP contribution in [0, 0.1) is 0 Å². The monoisotopic (exact) mass is 195 g/mol. The van der Waals surface area contributed by atoms with Crippen molar-refractivity contribution in [2.75, 3.05) is 13.1 Å². The number of allylic oxidation sites excluding steroid dienone is 3. The lowest BCUT2D eigenvalue weighted by Gasteiger charge is -2.01. The molecular formula is C12H21NO. The Kier molecular flexibility index (Phi) is 6.17. The summed E-state index contributed by atoms with van der Waals surface area (Å²) in [7, 11) is 0. The van der Waals surface area contributed by atoms with Gasteiger partial charge in [0.1, 0.15) is 0 Å². The van der Waals surface area contributed by atoms with E-state index in [1.165, 1.54) is 16.2 Å². The summed E-state index contributed by atoms with van der Waals surface area (Å²) in [5.41, 5.74) is 3.56. The first-order chi connectivity index (χ1) is 6.69. The molecule has 80 valence electrons. The van der Waals surface area contributed by atoms with E-state index in [0.717, 1.165) is 5.57 Å². The molecule has 1 saturated heterocycles. The van der Waals surface area contributed by atoms with Crippen LogP contribution in [0.15, 0.2) is 35.5 Å². The van der Waals surface area contributed by atoms with Crippen molar-refractivity contribution in [1.29, 1.82) is 0 Å². The van der Waals surface area contributed by atoms with E-state index in [-0.39, 0.29) is 0 Å². The Morgan fingerprint density at radius 1 is 1.43 bits per heavy atom. The molecule has 2 nitrogen and oxygen atoms in total. The fraction of sp³-hybridized carbons (Fsp3) is 0.500. The molecule has 1 aliphatic heterocycles. The lowest BCUT2D eigenvalue weighted by Crippen LogP contribution is -2.12. The second-order valence-corrected chi connectivity index (χ2v) is 3.00. The maximum atomic E-state index is 9.27. The van der Waals surface area contributed by atoms with Crippen LogP contribution in [-0.2, 0) is 0 Å². The lowest BCUT2D eigenvalue weighted by molar-refractivity contribution is -0.0615. The van der Waals surface area contributed by atoms with E-state index in [4.69, 9.17) is 0 Å². The standard InChI is InChI=1S/C10H15NO.C2H6/c1-4-8(3)10-7-11(12)6-9(10)5-2;1-2/h4-5,12H,1,6-7H2,2-3H3;1-2H3/b9-5-,10-8-;. The van der Waals surface area contributed by atoms with Gasteiger partial charge in [-0.15, -0.1) is 0 Å². The highest BCUT2D eigenvalue weighted by molar-refractivity contribution is 5.43. The molecular weight excluding hydrogens is 174 g/mol. The molecule has 0 unspecified atom stereocenters. The maximum Gasteiger partial charge on any atom is 0.0498 e. The minimum Gasteiger partial charge on any atom is -0.313 e. The molecule has 0 aliphatic carbocycles. The number of rotatable bonds is 1. The first-order valence-corrected chi connectivity index (χ1v) is 5.10. The molecule has 14 heavy (non-hydrogen) atoms. The largest absolute Gasteiger partial charge is 0.313 e. The highest BCUT2D eigenvalue weighted by atomic mass is 16.5. The van der Waals surface area contributed by atoms with Crippen LogP contribution in [0.3, 0.4) is 0 Å². The Hall–Kier alpha value is -0.860. The molecule has 1 aliphatic rings. The normalized spacial score (nSPS) is 23.1. The van der Waals surface area contributed by atoms with Gasteiger partial charge in [0.05, 0.1) is 0 Å². The summed E-state index contributed by atoms with van der Waals surface area (Å²) in [6, 6.07) is 0. The lowest BCUT2D eigenvalue weighted by atomic mass is 10.0. The summed E-state index contributed by atoms with van der Waals surface area (Å²) < 4.78 is 0. The molecule has 2 heteroatoms. The quantitative estimate of drug-likeness (QED) is 0.694. The fourth-order valence-corrected chi connectivity index (χ4v) is 1.40. The summed E-state index contributed by atoms with van der Waals surface area (Å²) in [5, 5.41) is 10.6. The van der Waals surface area contributed by atoms with Crippen LogP contribution in [0.25, 0.3) is 0 Å². The first kappa shape index (κ1) is 13.1. The molecule has 1 rings (SSSR count). The Bertz CT molecular complexity index is 251. The first-order valence-electron chi connectivity index (χ1n) is 5.10. The van der Waals surface area contributed by atoms with E-state index in [9.17, 15) is 5.21 Å². The molecule has 1 N–H and O–H groups in total. The third kappa shape index (κ3) is 3.13. The minimum atomic E-state index is 0.623. The third-order valence-electron chi connectivity index (χ3n) is 2.21. The maximum absolute atomic E-state index is 9.27. The highest BCUT2D eigenvalue weighted by Crippen LogP contribution is 2.23. The van der Waals surface area contributed by atoms with Gasteiger partial charge in [0.15, 0.2) is 0 Å². The number of nitrogens with zero attached hydrogens (tertiary/aromatic N) is 1. The second-order valence-electron chi connectivity index (χ2n) is 3.00. The van der Waals surface area contributed by atoms with E-state index >= 15 is 0 Å². The molecule has 0 amide bonds. The van der Waals surface area contributed by atoms with Crippen molar-refractivity contribution < 1.29 is 5.21 Å². The molecule has 0 atom stereocenters. The molecule has 0 spiro atoms. The number of hydrogen-bond donors (Lipinski definition) is 1. The van der Waals surface area contributed by atoms with Gasteiger partial charge in [-0.3, -0.25) is 0 Å². The van der Waals surface area contributed by atoms with Crippen LogP contribution < -0.4 is 0 Å². The fourth-order valence-electron chi connectivity index (χ4n) is 1.40. The van der Waals surface area contributed by atoms with Crippen molar-refractivity contribution in [3.63, 3.8) is 0 Å². The van der Waals surface area contributed by atoms with Crippen molar-refractivity contribution in [1.82, 2.24) is 5.06 Å². The summed E-state index contributed by atoms with van der Waals surface area (Å²) in [6.45, 7) is 13.0. The van der Waals surface area contributed by atoms with Crippen LogP contribution >= 0.6 is 0 Å². The van der Waals surface area contributed by atoms with Gasteiger partial charge in [0.2, 0.25) is 0 Å². The van der Waals surface area contributed by atoms with Crippen LogP contribution in [0.5, 0.6) is 0 Å². The molecule has 0 aromatic heterocycles. The molecule has 1 heterocycles. The molecule has 0 bridgehead atoms. The second kappa shape index (κ2) is 6.57. The van der Waals surface area contributed by atoms with E-state index in [1.807, 2.05) is 39.8 Å². The minimum absolute atomic E-state index is 0.623. The van der Waals surface area contributed by atoms with E-state index in [0.29, 0.717) is 13.1 Å².